The number of amides is 1. The number of pyridine rings is 1. The van der Waals surface area contributed by atoms with Crippen molar-refractivity contribution in [2.45, 2.75) is 36.5 Å². The maximum atomic E-state index is 13.0. The minimum atomic E-state index is -3.53. The molecule has 1 aromatic carbocycles. The number of benzene rings is 1. The number of aromatic nitrogens is 1. The topological polar surface area (TPSA) is 88.6 Å². The lowest BCUT2D eigenvalue weighted by Crippen LogP contribution is -2.45. The Morgan fingerprint density at radius 1 is 1.17 bits per heavy atom. The lowest BCUT2D eigenvalue weighted by atomic mass is 10.2. The van der Waals surface area contributed by atoms with Crippen LogP contribution < -0.4 is 5.32 Å². The van der Waals surface area contributed by atoms with Crippen molar-refractivity contribution in [1.82, 2.24) is 14.6 Å². The van der Waals surface area contributed by atoms with E-state index in [0.717, 1.165) is 28.5 Å². The highest BCUT2D eigenvalue weighted by molar-refractivity contribution is 7.89. The van der Waals surface area contributed by atoms with Crippen molar-refractivity contribution in [3.8, 4) is 0 Å². The molecule has 9 heteroatoms. The van der Waals surface area contributed by atoms with Crippen molar-refractivity contribution < 1.29 is 17.9 Å². The summed E-state index contributed by atoms with van der Waals surface area (Å²) in [5, 5.41) is 3.88. The lowest BCUT2D eigenvalue weighted by molar-refractivity contribution is -0.0114. The SMILES string of the molecule is O=C(NCc1ccc(S(=O)(=O)N2CC3CCC(C2)O3)cc1)c1cc2ccncc2s1. The average Bonchev–Trinajstić information content (AvgIpc) is 3.34. The molecule has 7 nitrogen and oxygen atoms in total. The largest absolute Gasteiger partial charge is 0.372 e. The molecule has 2 aromatic heterocycles. The Morgan fingerprint density at radius 2 is 1.90 bits per heavy atom. The summed E-state index contributed by atoms with van der Waals surface area (Å²) in [6, 6.07) is 10.4. The number of nitrogens with zero attached hydrogens (tertiary/aromatic N) is 2. The highest BCUT2D eigenvalue weighted by atomic mass is 32.2. The van der Waals surface area contributed by atoms with Crippen molar-refractivity contribution >= 4 is 37.4 Å². The molecule has 0 aliphatic carbocycles. The maximum Gasteiger partial charge on any atom is 0.261 e. The highest BCUT2D eigenvalue weighted by Crippen LogP contribution is 2.30. The van der Waals surface area contributed by atoms with Gasteiger partial charge in [0.15, 0.2) is 0 Å². The molecular formula is C21H21N3O4S2. The van der Waals surface area contributed by atoms with E-state index in [9.17, 15) is 13.2 Å². The molecule has 156 valence electrons. The predicted octanol–water partition coefficient (Wildman–Crippen LogP) is 2.78. The molecular weight excluding hydrogens is 422 g/mol. The average molecular weight is 444 g/mol. The number of hydrogen-bond acceptors (Lipinski definition) is 6. The number of carbonyl (C=O) groups is 1. The van der Waals surface area contributed by atoms with E-state index in [2.05, 4.69) is 10.3 Å². The summed E-state index contributed by atoms with van der Waals surface area (Å²) >= 11 is 1.40. The quantitative estimate of drug-likeness (QED) is 0.655. The van der Waals surface area contributed by atoms with Gasteiger partial charge in [-0.15, -0.1) is 11.3 Å². The van der Waals surface area contributed by atoms with Crippen molar-refractivity contribution in [3.63, 3.8) is 0 Å². The van der Waals surface area contributed by atoms with E-state index in [4.69, 9.17) is 4.74 Å². The molecule has 1 N–H and O–H groups in total. The number of ether oxygens (including phenoxy) is 1. The molecule has 4 heterocycles. The molecule has 0 radical (unpaired) electrons. The monoisotopic (exact) mass is 443 g/mol. The van der Waals surface area contributed by atoms with Gasteiger partial charge in [-0.2, -0.15) is 4.31 Å². The van der Waals surface area contributed by atoms with Crippen molar-refractivity contribution in [2.24, 2.45) is 0 Å². The molecule has 2 saturated heterocycles. The van der Waals surface area contributed by atoms with Gasteiger partial charge in [-0.1, -0.05) is 12.1 Å². The molecule has 1 amide bonds. The summed E-state index contributed by atoms with van der Waals surface area (Å²) in [5.41, 5.74) is 0.840. The van der Waals surface area contributed by atoms with Gasteiger partial charge >= 0.3 is 0 Å². The van der Waals surface area contributed by atoms with Gasteiger partial charge in [-0.25, -0.2) is 8.42 Å². The van der Waals surface area contributed by atoms with Crippen LogP contribution in [0.1, 0.15) is 28.1 Å². The fraction of sp³-hybridized carbons (Fsp3) is 0.333. The molecule has 2 unspecified atom stereocenters. The lowest BCUT2D eigenvalue weighted by Gasteiger charge is -2.31. The third kappa shape index (κ3) is 3.74. The molecule has 2 bridgehead atoms. The maximum absolute atomic E-state index is 13.0. The molecule has 30 heavy (non-hydrogen) atoms. The van der Waals surface area contributed by atoms with E-state index in [1.54, 1.807) is 36.7 Å². The van der Waals surface area contributed by atoms with E-state index in [-0.39, 0.29) is 23.0 Å². The van der Waals surface area contributed by atoms with E-state index in [1.807, 2.05) is 12.1 Å². The molecule has 2 fully saturated rings. The normalized spacial score (nSPS) is 21.7. The number of sulfonamides is 1. The summed E-state index contributed by atoms with van der Waals surface area (Å²) in [6.07, 6.45) is 5.32. The first-order chi connectivity index (χ1) is 14.5. The minimum Gasteiger partial charge on any atom is -0.372 e. The molecule has 2 aliphatic heterocycles. The summed E-state index contributed by atoms with van der Waals surface area (Å²) in [4.78, 5) is 17.4. The third-order valence-corrected chi connectivity index (χ3v) is 8.50. The summed E-state index contributed by atoms with van der Waals surface area (Å²) in [6.45, 7) is 1.16. The van der Waals surface area contributed by atoms with Gasteiger partial charge < -0.3 is 10.1 Å². The summed E-state index contributed by atoms with van der Waals surface area (Å²) in [5.74, 6) is -0.156. The van der Waals surface area contributed by atoms with Gasteiger partial charge in [0.2, 0.25) is 10.0 Å². The Bertz CT molecular complexity index is 1150. The van der Waals surface area contributed by atoms with Crippen LogP contribution in [0, 0.1) is 0 Å². The highest BCUT2D eigenvalue weighted by Gasteiger charge is 2.39. The number of hydrogen-bond donors (Lipinski definition) is 1. The fourth-order valence-corrected chi connectivity index (χ4v) is 6.42. The van der Waals surface area contributed by atoms with E-state index < -0.39 is 10.0 Å². The first kappa shape index (κ1) is 19.6. The van der Waals surface area contributed by atoms with Crippen molar-refractivity contribution in [3.05, 3.63) is 59.2 Å². The van der Waals surface area contributed by atoms with Gasteiger partial charge in [0.25, 0.3) is 5.91 Å². The predicted molar refractivity (Wildman–Crippen MR) is 114 cm³/mol. The summed E-state index contributed by atoms with van der Waals surface area (Å²) < 4.78 is 34.1. The van der Waals surface area contributed by atoms with Crippen LogP contribution in [0.25, 0.3) is 10.1 Å². The molecule has 0 saturated carbocycles. The van der Waals surface area contributed by atoms with Crippen LogP contribution in [0.5, 0.6) is 0 Å². The van der Waals surface area contributed by atoms with E-state index in [1.165, 1.54) is 15.6 Å². The van der Waals surface area contributed by atoms with Gasteiger partial charge in [-0.05, 0) is 48.1 Å². The number of nitrogens with one attached hydrogen (secondary N) is 1. The van der Waals surface area contributed by atoms with Gasteiger partial charge in [0.1, 0.15) is 0 Å². The first-order valence-corrected chi connectivity index (χ1v) is 12.1. The molecule has 2 atom stereocenters. The van der Waals surface area contributed by atoms with Gasteiger partial charge in [0, 0.05) is 32.0 Å². The first-order valence-electron chi connectivity index (χ1n) is 9.85. The fourth-order valence-electron chi connectivity index (χ4n) is 3.97. The van der Waals surface area contributed by atoms with Crippen molar-refractivity contribution in [2.75, 3.05) is 13.1 Å². The number of rotatable bonds is 5. The molecule has 5 rings (SSSR count). The molecule has 2 aliphatic rings. The van der Waals surface area contributed by atoms with Crippen molar-refractivity contribution in [1.29, 1.82) is 0 Å². The number of thiophene rings is 1. The van der Waals surface area contributed by atoms with Gasteiger partial charge in [-0.3, -0.25) is 9.78 Å². The second kappa shape index (κ2) is 7.73. The standard InChI is InChI=1S/C21H21N3O4S2/c25-21(19-9-15-7-8-22-11-20(15)29-19)23-10-14-1-5-18(6-2-14)30(26,27)24-12-16-3-4-17(13-24)28-16/h1-2,5-9,11,16-17H,3-4,10,12-13H2,(H,23,25). The zero-order valence-electron chi connectivity index (χ0n) is 16.2. The number of carbonyl (C=O) groups excluding carboxylic acids is 1. The summed E-state index contributed by atoms with van der Waals surface area (Å²) in [7, 11) is -3.53. The second-order valence-corrected chi connectivity index (χ2v) is 10.7. The smallest absolute Gasteiger partial charge is 0.261 e. The van der Waals surface area contributed by atoms with Crippen LogP contribution in [-0.4, -0.2) is 48.9 Å². The zero-order valence-corrected chi connectivity index (χ0v) is 17.8. The van der Waals surface area contributed by atoms with Gasteiger partial charge in [0.05, 0.1) is 26.7 Å². The molecule has 3 aromatic rings. The Morgan fingerprint density at radius 3 is 2.60 bits per heavy atom. The van der Waals surface area contributed by atoms with Crippen LogP contribution >= 0.6 is 11.3 Å². The third-order valence-electron chi connectivity index (χ3n) is 5.57. The Balaban J connectivity index is 1.24. The van der Waals surface area contributed by atoms with E-state index in [0.29, 0.717) is 24.5 Å². The minimum absolute atomic E-state index is 0.0118. The number of fused-ring (bicyclic) bond motifs is 3. The number of morpholine rings is 1. The van der Waals surface area contributed by atoms with Crippen LogP contribution in [0.2, 0.25) is 0 Å². The van der Waals surface area contributed by atoms with Crippen LogP contribution in [0.4, 0.5) is 0 Å². The van der Waals surface area contributed by atoms with Crippen LogP contribution in [0.3, 0.4) is 0 Å². The second-order valence-electron chi connectivity index (χ2n) is 7.63. The Labute approximate surface area is 178 Å². The van der Waals surface area contributed by atoms with Crippen LogP contribution in [0.15, 0.2) is 53.7 Å². The Kier molecular flexibility index (Phi) is 5.06. The molecule has 0 spiro atoms. The van der Waals surface area contributed by atoms with Crippen LogP contribution in [-0.2, 0) is 21.3 Å². The zero-order chi connectivity index (χ0) is 20.7. The van der Waals surface area contributed by atoms with E-state index >= 15 is 0 Å². The Hall–Kier alpha value is -2.33.